The molecule has 4 rings (SSSR count). The molecule has 0 amide bonds. The minimum Gasteiger partial charge on any atom is -0.481 e. The van der Waals surface area contributed by atoms with Crippen LogP contribution in [0.2, 0.25) is 0 Å². The maximum absolute atomic E-state index is 12.5. The topological polar surface area (TPSA) is 91.3 Å². The number of aliphatic carboxylic acids is 1. The molecule has 7 nitrogen and oxygen atoms in total. The highest BCUT2D eigenvalue weighted by Gasteiger charge is 2.75. The van der Waals surface area contributed by atoms with Crippen molar-refractivity contribution in [3.8, 4) is 0 Å². The molecule has 1 unspecified atom stereocenters. The predicted molar refractivity (Wildman–Crippen MR) is 79.8 cm³/mol. The number of carboxylic acid groups (broad SMARTS) is 1. The molecule has 0 aromatic carbocycles. The van der Waals surface area contributed by atoms with Crippen molar-refractivity contribution < 1.29 is 33.6 Å². The van der Waals surface area contributed by atoms with Gasteiger partial charge in [0.1, 0.15) is 18.0 Å². The highest BCUT2D eigenvalue weighted by atomic mass is 16.9. The SMILES string of the molecule is C[C@]12CC(=O)C[C@@H](CCC(=O)O)[C@@H]1CC[C@@]21OCOC12COCO2. The molecule has 2 aliphatic carbocycles. The molecule has 0 aromatic heterocycles. The van der Waals surface area contributed by atoms with Crippen LogP contribution in [0.25, 0.3) is 0 Å². The molecule has 134 valence electrons. The molecule has 4 aliphatic rings. The summed E-state index contributed by atoms with van der Waals surface area (Å²) in [6.07, 6.45) is 3.16. The zero-order valence-electron chi connectivity index (χ0n) is 13.9. The number of ether oxygens (including phenoxy) is 4. The first-order valence-electron chi connectivity index (χ1n) is 8.66. The van der Waals surface area contributed by atoms with Crippen LogP contribution < -0.4 is 0 Å². The van der Waals surface area contributed by atoms with Gasteiger partial charge in [-0.1, -0.05) is 6.92 Å². The van der Waals surface area contributed by atoms with Gasteiger partial charge in [-0.15, -0.1) is 0 Å². The first kappa shape index (κ1) is 16.4. The average molecular weight is 340 g/mol. The Morgan fingerprint density at radius 1 is 1.29 bits per heavy atom. The van der Waals surface area contributed by atoms with Crippen molar-refractivity contribution in [1.29, 1.82) is 0 Å². The normalized spacial score (nSPS) is 47.6. The van der Waals surface area contributed by atoms with Gasteiger partial charge in [0.25, 0.3) is 0 Å². The van der Waals surface area contributed by atoms with Crippen molar-refractivity contribution in [2.75, 3.05) is 20.2 Å². The van der Waals surface area contributed by atoms with Crippen LogP contribution in [0.4, 0.5) is 0 Å². The minimum atomic E-state index is -0.939. The highest BCUT2D eigenvalue weighted by Crippen LogP contribution is 2.66. The van der Waals surface area contributed by atoms with Crippen molar-refractivity contribution >= 4 is 11.8 Å². The summed E-state index contributed by atoms with van der Waals surface area (Å²) in [5.41, 5.74) is -1.12. The molecule has 2 heterocycles. The molecule has 7 heteroatoms. The fourth-order valence-electron chi connectivity index (χ4n) is 5.81. The van der Waals surface area contributed by atoms with E-state index in [1.54, 1.807) is 0 Å². The molecule has 4 fully saturated rings. The standard InChI is InChI=1S/C17H24O7/c1-15-7-12(18)6-11(2-3-14(19)20)13(15)4-5-16(15)17(24-10-22-16)8-21-9-23-17/h11,13H,2-10H2,1H3,(H,19,20)/t11-,13+,15+,16-,17?/m1/s1. The lowest BCUT2D eigenvalue weighted by Crippen LogP contribution is -2.63. The van der Waals surface area contributed by atoms with Crippen LogP contribution in [0.5, 0.6) is 0 Å². The van der Waals surface area contributed by atoms with Crippen LogP contribution in [0.3, 0.4) is 0 Å². The number of Topliss-reactive ketones (excluding diaryl/α,β-unsaturated/α-hetero) is 1. The summed E-state index contributed by atoms with van der Waals surface area (Å²) < 4.78 is 23.3. The van der Waals surface area contributed by atoms with E-state index in [1.807, 2.05) is 0 Å². The molecule has 0 bridgehead atoms. The van der Waals surface area contributed by atoms with Crippen LogP contribution in [-0.2, 0) is 28.5 Å². The van der Waals surface area contributed by atoms with Crippen molar-refractivity contribution in [3.05, 3.63) is 0 Å². The Balaban J connectivity index is 1.68. The predicted octanol–water partition coefficient (Wildman–Crippen LogP) is 1.69. The zero-order valence-corrected chi connectivity index (χ0v) is 13.9. The second kappa shape index (κ2) is 5.49. The average Bonchev–Trinajstić information content (AvgIpc) is 3.20. The third-order valence-electron chi connectivity index (χ3n) is 6.78. The van der Waals surface area contributed by atoms with E-state index in [2.05, 4.69) is 6.92 Å². The van der Waals surface area contributed by atoms with E-state index in [0.717, 1.165) is 12.8 Å². The number of hydrogen-bond donors (Lipinski definition) is 1. The van der Waals surface area contributed by atoms with Crippen molar-refractivity contribution in [1.82, 2.24) is 0 Å². The molecule has 24 heavy (non-hydrogen) atoms. The van der Waals surface area contributed by atoms with Gasteiger partial charge in [0.15, 0.2) is 13.6 Å². The molecule has 2 saturated heterocycles. The van der Waals surface area contributed by atoms with Crippen molar-refractivity contribution in [2.45, 2.75) is 56.8 Å². The lowest BCUT2D eigenvalue weighted by atomic mass is 9.57. The number of ketones is 1. The Morgan fingerprint density at radius 2 is 2.08 bits per heavy atom. The second-order valence-corrected chi connectivity index (χ2v) is 7.77. The number of hydrogen-bond acceptors (Lipinski definition) is 6. The molecule has 0 radical (unpaired) electrons. The number of carboxylic acids is 1. The molecule has 1 N–H and O–H groups in total. The van der Waals surface area contributed by atoms with E-state index < -0.39 is 22.8 Å². The van der Waals surface area contributed by atoms with E-state index in [1.165, 1.54) is 0 Å². The second-order valence-electron chi connectivity index (χ2n) is 7.77. The van der Waals surface area contributed by atoms with Gasteiger partial charge in [-0.2, -0.15) is 0 Å². The van der Waals surface area contributed by atoms with Gasteiger partial charge in [-0.3, -0.25) is 9.59 Å². The monoisotopic (exact) mass is 340 g/mol. The Labute approximate surface area is 140 Å². The van der Waals surface area contributed by atoms with Crippen molar-refractivity contribution in [3.63, 3.8) is 0 Å². The molecular formula is C17H24O7. The minimum absolute atomic E-state index is 0.0790. The van der Waals surface area contributed by atoms with E-state index in [4.69, 9.17) is 24.1 Å². The Morgan fingerprint density at radius 3 is 2.79 bits per heavy atom. The van der Waals surface area contributed by atoms with Gasteiger partial charge < -0.3 is 24.1 Å². The maximum atomic E-state index is 12.5. The van der Waals surface area contributed by atoms with Gasteiger partial charge in [-0.25, -0.2) is 0 Å². The molecule has 2 aliphatic heterocycles. The lowest BCUT2D eigenvalue weighted by molar-refractivity contribution is -0.243. The molecule has 5 atom stereocenters. The highest BCUT2D eigenvalue weighted by molar-refractivity contribution is 5.81. The fourth-order valence-corrected chi connectivity index (χ4v) is 5.81. The van der Waals surface area contributed by atoms with E-state index in [0.29, 0.717) is 25.9 Å². The van der Waals surface area contributed by atoms with Gasteiger partial charge in [-0.05, 0) is 31.1 Å². The molecule has 2 spiro atoms. The van der Waals surface area contributed by atoms with E-state index in [9.17, 15) is 9.59 Å². The number of fused-ring (bicyclic) bond motifs is 3. The summed E-state index contributed by atoms with van der Waals surface area (Å²) in [7, 11) is 0. The number of carbonyl (C=O) groups is 2. The lowest BCUT2D eigenvalue weighted by Gasteiger charge is -2.51. The Kier molecular flexibility index (Phi) is 3.76. The summed E-state index contributed by atoms with van der Waals surface area (Å²) in [5.74, 6) is -1.26. The van der Waals surface area contributed by atoms with Crippen LogP contribution in [0, 0.1) is 17.3 Å². The Hall–Kier alpha value is -1.02. The molecule has 2 saturated carbocycles. The largest absolute Gasteiger partial charge is 0.481 e. The summed E-state index contributed by atoms with van der Waals surface area (Å²) in [4.78, 5) is 23.5. The number of rotatable bonds is 3. The summed E-state index contributed by atoms with van der Waals surface area (Å²) in [6.45, 7) is 2.71. The summed E-state index contributed by atoms with van der Waals surface area (Å²) in [5, 5.41) is 9.02. The summed E-state index contributed by atoms with van der Waals surface area (Å²) >= 11 is 0. The van der Waals surface area contributed by atoms with Gasteiger partial charge in [0, 0.05) is 24.7 Å². The fraction of sp³-hybridized carbons (Fsp3) is 0.882. The summed E-state index contributed by atoms with van der Waals surface area (Å²) in [6, 6.07) is 0. The molecular weight excluding hydrogens is 316 g/mol. The van der Waals surface area contributed by atoms with Crippen molar-refractivity contribution in [2.24, 2.45) is 17.3 Å². The Bertz CT molecular complexity index is 550. The first-order chi connectivity index (χ1) is 11.4. The quantitative estimate of drug-likeness (QED) is 0.836. The van der Waals surface area contributed by atoms with E-state index in [-0.39, 0.29) is 37.6 Å². The molecule has 0 aromatic rings. The van der Waals surface area contributed by atoms with Crippen LogP contribution >= 0.6 is 0 Å². The zero-order chi connectivity index (χ0) is 17.0. The smallest absolute Gasteiger partial charge is 0.303 e. The van der Waals surface area contributed by atoms with Gasteiger partial charge in [0.2, 0.25) is 5.79 Å². The van der Waals surface area contributed by atoms with Gasteiger partial charge in [0.05, 0.1) is 0 Å². The van der Waals surface area contributed by atoms with E-state index >= 15 is 0 Å². The van der Waals surface area contributed by atoms with Crippen LogP contribution in [0.1, 0.15) is 45.4 Å². The van der Waals surface area contributed by atoms with Crippen LogP contribution in [0.15, 0.2) is 0 Å². The third kappa shape index (κ3) is 2.05. The first-order valence-corrected chi connectivity index (χ1v) is 8.66. The van der Waals surface area contributed by atoms with Gasteiger partial charge >= 0.3 is 5.97 Å². The number of carbonyl (C=O) groups excluding carboxylic acids is 1. The maximum Gasteiger partial charge on any atom is 0.303 e. The third-order valence-corrected chi connectivity index (χ3v) is 6.78. The van der Waals surface area contributed by atoms with Crippen LogP contribution in [-0.4, -0.2) is 48.4 Å².